The third-order valence-corrected chi connectivity index (χ3v) is 3.47. The SMILES string of the molecule is CC(C)Cc1noc(C2CNCc3ccccc32)n1. The predicted octanol–water partition coefficient (Wildman–Crippen LogP) is 2.50. The van der Waals surface area contributed by atoms with E-state index in [0.717, 1.165) is 31.2 Å². The average molecular weight is 257 g/mol. The molecule has 2 aromatic rings. The number of nitrogens with zero attached hydrogens (tertiary/aromatic N) is 2. The van der Waals surface area contributed by atoms with Crippen LogP contribution >= 0.6 is 0 Å². The molecule has 4 nitrogen and oxygen atoms in total. The fraction of sp³-hybridized carbons (Fsp3) is 0.467. The minimum absolute atomic E-state index is 0.179. The molecule has 1 aromatic carbocycles. The Kier molecular flexibility index (Phi) is 3.34. The van der Waals surface area contributed by atoms with Crippen molar-refractivity contribution in [3.05, 3.63) is 47.1 Å². The third kappa shape index (κ3) is 2.54. The summed E-state index contributed by atoms with van der Waals surface area (Å²) in [6.45, 7) is 6.10. The normalized spacial score (nSPS) is 18.6. The summed E-state index contributed by atoms with van der Waals surface area (Å²) in [5.41, 5.74) is 2.63. The van der Waals surface area contributed by atoms with Crippen LogP contribution in [0.2, 0.25) is 0 Å². The van der Waals surface area contributed by atoms with Crippen molar-refractivity contribution in [1.29, 1.82) is 0 Å². The smallest absolute Gasteiger partial charge is 0.235 e. The Morgan fingerprint density at radius 1 is 1.37 bits per heavy atom. The Bertz CT molecular complexity index is 562. The quantitative estimate of drug-likeness (QED) is 0.918. The van der Waals surface area contributed by atoms with Gasteiger partial charge in [0, 0.05) is 19.5 Å². The van der Waals surface area contributed by atoms with Crippen molar-refractivity contribution in [3.63, 3.8) is 0 Å². The van der Waals surface area contributed by atoms with Gasteiger partial charge >= 0.3 is 0 Å². The van der Waals surface area contributed by atoms with Gasteiger partial charge in [-0.3, -0.25) is 0 Å². The number of aromatic nitrogens is 2. The Morgan fingerprint density at radius 2 is 2.21 bits per heavy atom. The van der Waals surface area contributed by atoms with E-state index < -0.39 is 0 Å². The van der Waals surface area contributed by atoms with Crippen LogP contribution in [0.15, 0.2) is 28.8 Å². The molecule has 100 valence electrons. The monoisotopic (exact) mass is 257 g/mol. The minimum Gasteiger partial charge on any atom is -0.339 e. The molecular weight excluding hydrogens is 238 g/mol. The number of fused-ring (bicyclic) bond motifs is 1. The minimum atomic E-state index is 0.179. The highest BCUT2D eigenvalue weighted by Crippen LogP contribution is 2.28. The van der Waals surface area contributed by atoms with Gasteiger partial charge in [0.2, 0.25) is 5.89 Å². The number of rotatable bonds is 3. The summed E-state index contributed by atoms with van der Waals surface area (Å²) >= 11 is 0. The zero-order valence-electron chi connectivity index (χ0n) is 11.4. The van der Waals surface area contributed by atoms with Crippen molar-refractivity contribution in [2.45, 2.75) is 32.7 Å². The van der Waals surface area contributed by atoms with Crippen LogP contribution in [0.4, 0.5) is 0 Å². The standard InChI is InChI=1S/C15H19N3O/c1-10(2)7-14-17-15(19-18-14)13-9-16-8-11-5-3-4-6-12(11)13/h3-6,10,13,16H,7-9H2,1-2H3. The molecule has 0 spiro atoms. The lowest BCUT2D eigenvalue weighted by molar-refractivity contribution is 0.350. The zero-order chi connectivity index (χ0) is 13.2. The van der Waals surface area contributed by atoms with E-state index in [4.69, 9.17) is 4.52 Å². The molecule has 1 aliphatic heterocycles. The number of nitrogens with one attached hydrogen (secondary N) is 1. The number of hydrogen-bond donors (Lipinski definition) is 1. The molecule has 0 fully saturated rings. The Hall–Kier alpha value is -1.68. The molecule has 4 heteroatoms. The van der Waals surface area contributed by atoms with E-state index in [2.05, 4.69) is 53.6 Å². The van der Waals surface area contributed by atoms with Gasteiger partial charge in [-0.25, -0.2) is 0 Å². The summed E-state index contributed by atoms with van der Waals surface area (Å²) in [5, 5.41) is 7.50. The van der Waals surface area contributed by atoms with Gasteiger partial charge in [0.15, 0.2) is 5.82 Å². The van der Waals surface area contributed by atoms with Gasteiger partial charge in [0.1, 0.15) is 0 Å². The van der Waals surface area contributed by atoms with Crippen LogP contribution < -0.4 is 5.32 Å². The van der Waals surface area contributed by atoms with Gasteiger partial charge in [-0.1, -0.05) is 43.3 Å². The molecule has 0 bridgehead atoms. The maximum atomic E-state index is 5.46. The van der Waals surface area contributed by atoms with Gasteiger partial charge in [0.05, 0.1) is 5.92 Å². The van der Waals surface area contributed by atoms with Crippen molar-refractivity contribution in [2.75, 3.05) is 6.54 Å². The molecule has 1 aliphatic rings. The van der Waals surface area contributed by atoms with Crippen LogP contribution in [0.5, 0.6) is 0 Å². The molecule has 1 atom stereocenters. The highest BCUT2D eigenvalue weighted by molar-refractivity contribution is 5.35. The topological polar surface area (TPSA) is 51.0 Å². The molecule has 19 heavy (non-hydrogen) atoms. The zero-order valence-corrected chi connectivity index (χ0v) is 11.4. The Labute approximate surface area is 113 Å². The van der Waals surface area contributed by atoms with E-state index in [1.165, 1.54) is 11.1 Å². The predicted molar refractivity (Wildman–Crippen MR) is 72.8 cm³/mol. The van der Waals surface area contributed by atoms with E-state index in [1.807, 2.05) is 0 Å². The first-order valence-corrected chi connectivity index (χ1v) is 6.85. The van der Waals surface area contributed by atoms with Crippen molar-refractivity contribution >= 4 is 0 Å². The average Bonchev–Trinajstić information content (AvgIpc) is 2.85. The summed E-state index contributed by atoms with van der Waals surface area (Å²) in [6.07, 6.45) is 0.866. The van der Waals surface area contributed by atoms with Crippen LogP contribution in [0, 0.1) is 5.92 Å². The van der Waals surface area contributed by atoms with Crippen LogP contribution in [-0.4, -0.2) is 16.7 Å². The molecule has 0 amide bonds. The third-order valence-electron chi connectivity index (χ3n) is 3.47. The van der Waals surface area contributed by atoms with Crippen LogP contribution in [0.3, 0.4) is 0 Å². The summed E-state index contributed by atoms with van der Waals surface area (Å²) < 4.78 is 5.46. The van der Waals surface area contributed by atoms with Crippen molar-refractivity contribution < 1.29 is 4.52 Å². The van der Waals surface area contributed by atoms with Gasteiger partial charge in [-0.05, 0) is 17.0 Å². The Balaban J connectivity index is 1.89. The lowest BCUT2D eigenvalue weighted by Gasteiger charge is -2.23. The first-order valence-electron chi connectivity index (χ1n) is 6.85. The maximum absolute atomic E-state index is 5.46. The van der Waals surface area contributed by atoms with E-state index >= 15 is 0 Å². The van der Waals surface area contributed by atoms with E-state index in [9.17, 15) is 0 Å². The van der Waals surface area contributed by atoms with Gasteiger partial charge in [-0.15, -0.1) is 0 Å². The van der Waals surface area contributed by atoms with Gasteiger partial charge in [0.25, 0.3) is 0 Å². The summed E-state index contributed by atoms with van der Waals surface area (Å²) in [4.78, 5) is 4.56. The van der Waals surface area contributed by atoms with Crippen molar-refractivity contribution in [3.8, 4) is 0 Å². The summed E-state index contributed by atoms with van der Waals surface area (Å²) in [7, 11) is 0. The molecule has 3 rings (SSSR count). The molecule has 0 saturated heterocycles. The fourth-order valence-corrected chi connectivity index (χ4v) is 2.57. The van der Waals surface area contributed by atoms with Crippen LogP contribution in [0.1, 0.15) is 42.6 Å². The molecule has 1 unspecified atom stereocenters. The lowest BCUT2D eigenvalue weighted by Crippen LogP contribution is -2.28. The first kappa shape index (κ1) is 12.4. The molecule has 0 radical (unpaired) electrons. The molecule has 1 aromatic heterocycles. The Morgan fingerprint density at radius 3 is 3.05 bits per heavy atom. The van der Waals surface area contributed by atoms with E-state index in [1.54, 1.807) is 0 Å². The molecule has 2 heterocycles. The van der Waals surface area contributed by atoms with Gasteiger partial charge < -0.3 is 9.84 Å². The number of benzene rings is 1. The molecule has 1 N–H and O–H groups in total. The second-order valence-corrected chi connectivity index (χ2v) is 5.53. The van der Waals surface area contributed by atoms with Crippen LogP contribution in [0.25, 0.3) is 0 Å². The molecule has 0 saturated carbocycles. The van der Waals surface area contributed by atoms with E-state index in [0.29, 0.717) is 5.92 Å². The lowest BCUT2D eigenvalue weighted by atomic mass is 9.91. The first-order chi connectivity index (χ1) is 9.24. The van der Waals surface area contributed by atoms with Crippen molar-refractivity contribution in [1.82, 2.24) is 15.5 Å². The second-order valence-electron chi connectivity index (χ2n) is 5.53. The maximum Gasteiger partial charge on any atom is 0.235 e. The fourth-order valence-electron chi connectivity index (χ4n) is 2.57. The van der Waals surface area contributed by atoms with E-state index in [-0.39, 0.29) is 5.92 Å². The molecular formula is C15H19N3O. The van der Waals surface area contributed by atoms with Crippen LogP contribution in [-0.2, 0) is 13.0 Å². The number of hydrogen-bond acceptors (Lipinski definition) is 4. The molecule has 0 aliphatic carbocycles. The second kappa shape index (κ2) is 5.13. The highest BCUT2D eigenvalue weighted by Gasteiger charge is 2.26. The highest BCUT2D eigenvalue weighted by atomic mass is 16.5. The van der Waals surface area contributed by atoms with Gasteiger partial charge in [-0.2, -0.15) is 4.98 Å². The largest absolute Gasteiger partial charge is 0.339 e. The summed E-state index contributed by atoms with van der Waals surface area (Å²) in [5.74, 6) is 2.27. The van der Waals surface area contributed by atoms with Crippen molar-refractivity contribution in [2.24, 2.45) is 5.92 Å². The summed E-state index contributed by atoms with van der Waals surface area (Å²) in [6, 6.07) is 8.45.